The van der Waals surface area contributed by atoms with Gasteiger partial charge in [0, 0.05) is 23.4 Å². The number of carbonyl (C=O) groups is 1. The van der Waals surface area contributed by atoms with E-state index in [2.05, 4.69) is 56.9 Å². The Balaban J connectivity index is 1.30. The quantitative estimate of drug-likeness (QED) is 0.191. The number of nitrogens with zero attached hydrogens (tertiary/aromatic N) is 5. The van der Waals surface area contributed by atoms with Gasteiger partial charge in [-0.25, -0.2) is 14.5 Å². The molecule has 0 spiro atoms. The number of amidine groups is 1. The van der Waals surface area contributed by atoms with Crippen LogP contribution in [0.3, 0.4) is 0 Å². The fraction of sp³-hybridized carbons (Fsp3) is 0.353. The molecule has 4 aromatic rings. The molecule has 13 heteroatoms. The number of ether oxygens (including phenoxy) is 2. The van der Waals surface area contributed by atoms with E-state index in [0.29, 0.717) is 23.1 Å². The number of alkyl halides is 3. The van der Waals surface area contributed by atoms with Crippen molar-refractivity contribution in [3.63, 3.8) is 0 Å². The molecule has 248 valence electrons. The molecule has 1 aliphatic rings. The summed E-state index contributed by atoms with van der Waals surface area (Å²) in [5, 5.41) is 8.20. The van der Waals surface area contributed by atoms with Crippen LogP contribution in [-0.2, 0) is 0 Å². The van der Waals surface area contributed by atoms with Crippen LogP contribution in [0.25, 0.3) is 17.1 Å². The van der Waals surface area contributed by atoms with Crippen molar-refractivity contribution in [2.24, 2.45) is 4.99 Å². The monoisotopic (exact) mass is 666 g/mol. The number of methoxy groups -OCH3 is 1. The molecule has 0 radical (unpaired) electrons. The van der Waals surface area contributed by atoms with E-state index in [0.717, 1.165) is 40.3 Å². The number of hydrogen-bond donors (Lipinski definition) is 1. The van der Waals surface area contributed by atoms with Gasteiger partial charge in [-0.15, -0.1) is 18.3 Å². The van der Waals surface area contributed by atoms with Gasteiger partial charge in [0.25, 0.3) is 0 Å². The van der Waals surface area contributed by atoms with Crippen molar-refractivity contribution >= 4 is 28.6 Å². The third kappa shape index (κ3) is 8.26. The van der Waals surface area contributed by atoms with Crippen molar-refractivity contribution in [1.29, 1.82) is 0 Å². The van der Waals surface area contributed by atoms with E-state index in [-0.39, 0.29) is 23.8 Å². The van der Waals surface area contributed by atoms with Crippen molar-refractivity contribution < 1.29 is 27.4 Å². The Morgan fingerprint density at radius 1 is 1.09 bits per heavy atom. The topological polar surface area (TPSA) is 93.9 Å². The van der Waals surface area contributed by atoms with E-state index in [9.17, 15) is 18.0 Å². The first kappa shape index (κ1) is 33.8. The van der Waals surface area contributed by atoms with Gasteiger partial charge in [0.2, 0.25) is 0 Å². The molecule has 47 heavy (non-hydrogen) atoms. The molecule has 1 N–H and O–H groups in total. The van der Waals surface area contributed by atoms with Crippen molar-refractivity contribution in [3.8, 4) is 28.6 Å². The van der Waals surface area contributed by atoms with E-state index in [1.165, 1.54) is 35.3 Å². The van der Waals surface area contributed by atoms with Gasteiger partial charge in [-0.05, 0) is 67.1 Å². The summed E-state index contributed by atoms with van der Waals surface area (Å²) < 4.78 is 48.3. The zero-order valence-electron chi connectivity index (χ0n) is 26.8. The highest BCUT2D eigenvalue weighted by atomic mass is 32.2. The summed E-state index contributed by atoms with van der Waals surface area (Å²) in [6, 6.07) is 18.4. The Labute approximate surface area is 276 Å². The molecule has 2 unspecified atom stereocenters. The van der Waals surface area contributed by atoms with Crippen LogP contribution in [0.5, 0.6) is 11.5 Å². The summed E-state index contributed by atoms with van der Waals surface area (Å²) >= 11 is 1.57. The number of hydrogen-bond acceptors (Lipinski definition) is 6. The number of thioether (sulfide) groups is 1. The van der Waals surface area contributed by atoms with Crippen molar-refractivity contribution in [2.45, 2.75) is 64.9 Å². The van der Waals surface area contributed by atoms with Crippen LogP contribution in [0, 0.1) is 0 Å². The smallest absolute Gasteiger partial charge is 0.497 e. The highest BCUT2D eigenvalue weighted by molar-refractivity contribution is 8.14. The van der Waals surface area contributed by atoms with Crippen LogP contribution >= 0.6 is 11.8 Å². The molecule has 5 rings (SSSR count). The highest BCUT2D eigenvalue weighted by Gasteiger charge is 2.31. The van der Waals surface area contributed by atoms with Gasteiger partial charge in [-0.2, -0.15) is 4.99 Å². The van der Waals surface area contributed by atoms with E-state index in [1.54, 1.807) is 18.9 Å². The largest absolute Gasteiger partial charge is 0.573 e. The summed E-state index contributed by atoms with van der Waals surface area (Å²) in [7, 11) is 1.65. The molecule has 9 nitrogen and oxygen atoms in total. The second-order valence-corrected chi connectivity index (χ2v) is 12.5. The molecule has 2 heterocycles. The molecular weight excluding hydrogens is 629 g/mol. The maximum absolute atomic E-state index is 13.3. The predicted octanol–water partition coefficient (Wildman–Crippen LogP) is 8.51. The van der Waals surface area contributed by atoms with Gasteiger partial charge in [-0.3, -0.25) is 0 Å². The number of amides is 2. The zero-order valence-corrected chi connectivity index (χ0v) is 27.6. The predicted molar refractivity (Wildman–Crippen MR) is 179 cm³/mol. The summed E-state index contributed by atoms with van der Waals surface area (Å²) in [4.78, 5) is 24.4. The number of nitrogens with one attached hydrogen (secondary N) is 1. The standard InChI is InChI=1S/C34H37F3N6O3S/c1-6-29(39-32(44)40-33-43(22(4)17-18-47-33)30-19-27(45-5)15-16-28(30)21(2)3)23-7-9-24(10-8-23)31-38-20-42(41-31)25-11-13-26(14-12-25)46-34(35,36)37/h7-16,19-22,29H,6,17-18H2,1-5H3,(H,39,44). The summed E-state index contributed by atoms with van der Waals surface area (Å²) in [6.07, 6.45) is -1.66. The Kier molecular flexibility index (Phi) is 10.4. The van der Waals surface area contributed by atoms with Crippen LogP contribution in [0.2, 0.25) is 0 Å². The van der Waals surface area contributed by atoms with Crippen molar-refractivity contribution in [1.82, 2.24) is 20.1 Å². The number of halogens is 3. The fourth-order valence-electron chi connectivity index (χ4n) is 5.36. The molecule has 1 aromatic heterocycles. The summed E-state index contributed by atoms with van der Waals surface area (Å²) in [6.45, 7) is 8.44. The lowest BCUT2D eigenvalue weighted by Crippen LogP contribution is -2.43. The molecule has 1 aliphatic heterocycles. The molecule has 1 saturated heterocycles. The van der Waals surface area contributed by atoms with Crippen LogP contribution < -0.4 is 19.7 Å². The number of rotatable bonds is 9. The molecule has 0 aliphatic carbocycles. The average molecular weight is 667 g/mol. The van der Waals surface area contributed by atoms with E-state index >= 15 is 0 Å². The average Bonchev–Trinajstić information content (AvgIpc) is 3.53. The SMILES string of the molecule is CCC(NC(=O)N=C1SCCC(C)N1c1cc(OC)ccc1C(C)C)c1ccc(-c2ncn(-c3ccc(OC(F)(F)F)cc3)n2)cc1. The first-order chi connectivity index (χ1) is 22.5. The zero-order chi connectivity index (χ0) is 33.7. The second-order valence-electron chi connectivity index (χ2n) is 11.4. The number of carbonyl (C=O) groups excluding carboxylic acids is 1. The molecule has 2 atom stereocenters. The van der Waals surface area contributed by atoms with Crippen molar-refractivity contribution in [3.05, 3.63) is 84.2 Å². The van der Waals surface area contributed by atoms with Crippen LogP contribution in [0.15, 0.2) is 78.0 Å². The lowest BCUT2D eigenvalue weighted by atomic mass is 9.99. The van der Waals surface area contributed by atoms with E-state index in [4.69, 9.17) is 4.74 Å². The van der Waals surface area contributed by atoms with Gasteiger partial charge in [-0.1, -0.05) is 62.9 Å². The Morgan fingerprint density at radius 2 is 1.79 bits per heavy atom. The Morgan fingerprint density at radius 3 is 2.43 bits per heavy atom. The summed E-state index contributed by atoms with van der Waals surface area (Å²) in [5.41, 5.74) is 4.33. The van der Waals surface area contributed by atoms with E-state index < -0.39 is 12.4 Å². The molecule has 0 bridgehead atoms. The normalized spacial score (nSPS) is 16.7. The fourth-order valence-corrected chi connectivity index (χ4v) is 6.56. The molecule has 1 fully saturated rings. The van der Waals surface area contributed by atoms with E-state index in [1.807, 2.05) is 43.3 Å². The van der Waals surface area contributed by atoms with Gasteiger partial charge < -0.3 is 19.7 Å². The Hall–Kier alpha value is -4.52. The van der Waals surface area contributed by atoms with Crippen LogP contribution in [-0.4, -0.2) is 51.2 Å². The number of aromatic nitrogens is 3. The minimum Gasteiger partial charge on any atom is -0.497 e. The number of urea groups is 1. The molecule has 2 amide bonds. The van der Waals surface area contributed by atoms with Crippen molar-refractivity contribution in [2.75, 3.05) is 17.8 Å². The second kappa shape index (κ2) is 14.5. The first-order valence-electron chi connectivity index (χ1n) is 15.3. The molecule has 0 saturated carbocycles. The lowest BCUT2D eigenvalue weighted by Gasteiger charge is -2.37. The van der Waals surface area contributed by atoms with Gasteiger partial charge in [0.05, 0.1) is 24.5 Å². The minimum absolute atomic E-state index is 0.154. The Bertz CT molecular complexity index is 1710. The third-order valence-electron chi connectivity index (χ3n) is 7.83. The van der Waals surface area contributed by atoms with Gasteiger partial charge in [0.15, 0.2) is 11.0 Å². The number of anilines is 1. The maximum atomic E-state index is 13.3. The van der Waals surface area contributed by atoms with Crippen LogP contribution in [0.4, 0.5) is 23.7 Å². The van der Waals surface area contributed by atoms with Crippen LogP contribution in [0.1, 0.15) is 63.6 Å². The van der Waals surface area contributed by atoms with Gasteiger partial charge >= 0.3 is 12.4 Å². The maximum Gasteiger partial charge on any atom is 0.573 e. The third-order valence-corrected chi connectivity index (χ3v) is 8.82. The molecular formula is C34H37F3N6O3S. The minimum atomic E-state index is -4.76. The highest BCUT2D eigenvalue weighted by Crippen LogP contribution is 2.37. The molecule has 3 aromatic carbocycles. The summed E-state index contributed by atoms with van der Waals surface area (Å²) in [5.74, 6) is 2.02. The first-order valence-corrected chi connectivity index (χ1v) is 16.3. The number of aliphatic imine (C=N–C) groups is 1. The van der Waals surface area contributed by atoms with Gasteiger partial charge in [0.1, 0.15) is 17.8 Å². The lowest BCUT2D eigenvalue weighted by molar-refractivity contribution is -0.274. The number of benzene rings is 3.